The molecule has 12 heteroatoms. The van der Waals surface area contributed by atoms with E-state index in [0.29, 0.717) is 22.0 Å². The molecule has 2 aliphatic heterocycles. The predicted molar refractivity (Wildman–Crippen MR) is 197 cm³/mol. The maximum absolute atomic E-state index is 13.0. The number of aromatic hydroxyl groups is 1. The first kappa shape index (κ1) is 34.4. The zero-order valence-electron chi connectivity index (χ0n) is 28.6. The van der Waals surface area contributed by atoms with Gasteiger partial charge in [0.25, 0.3) is 11.8 Å². The van der Waals surface area contributed by atoms with Crippen molar-refractivity contribution in [3.8, 4) is 22.6 Å². The number of phenolic OH excluding ortho intramolecular Hbond substituents is 1. The van der Waals surface area contributed by atoms with Gasteiger partial charge in [0.15, 0.2) is 6.29 Å². The normalized spacial score (nSPS) is 19.8. The number of imide groups is 1. The van der Waals surface area contributed by atoms with Crippen molar-refractivity contribution in [1.29, 1.82) is 0 Å². The average molecular weight is 726 g/mol. The largest absolute Gasteiger partial charge is 0.508 e. The van der Waals surface area contributed by atoms with Crippen LogP contribution in [-0.4, -0.2) is 59.0 Å². The fraction of sp³-hybridized carbons (Fsp3) is 0.195. The Morgan fingerprint density at radius 1 is 0.755 bits per heavy atom. The Hall–Kier alpha value is -5.66. The average Bonchev–Trinajstić information content (AvgIpc) is 3.77. The molecule has 0 radical (unpaired) electrons. The monoisotopic (exact) mass is 725 g/mol. The van der Waals surface area contributed by atoms with E-state index in [0.717, 1.165) is 39.1 Å². The molecule has 0 unspecified atom stereocenters. The number of hydrogen-bond acceptors (Lipinski definition) is 10. The van der Waals surface area contributed by atoms with Gasteiger partial charge in [-0.05, 0) is 86.8 Å². The van der Waals surface area contributed by atoms with Gasteiger partial charge in [0.05, 0.1) is 42.2 Å². The predicted octanol–water partition coefficient (Wildman–Crippen LogP) is 6.91. The first-order valence-corrected chi connectivity index (χ1v) is 18.2. The van der Waals surface area contributed by atoms with Crippen molar-refractivity contribution in [2.75, 3.05) is 5.75 Å². The molecule has 1 aromatic heterocycles. The lowest BCUT2D eigenvalue weighted by molar-refractivity contribution is -0.268. The van der Waals surface area contributed by atoms with Gasteiger partial charge in [0, 0.05) is 17.2 Å². The van der Waals surface area contributed by atoms with Gasteiger partial charge >= 0.3 is 0 Å². The van der Waals surface area contributed by atoms with Crippen LogP contribution in [0.3, 0.4) is 0 Å². The molecule has 4 atom stereocenters. The van der Waals surface area contributed by atoms with Crippen molar-refractivity contribution in [2.24, 2.45) is 5.92 Å². The second-order valence-corrected chi connectivity index (χ2v) is 14.1. The molecule has 5 aromatic carbocycles. The minimum atomic E-state index is -0.700. The Morgan fingerprint density at radius 2 is 1.45 bits per heavy atom. The van der Waals surface area contributed by atoms with E-state index in [4.69, 9.17) is 9.47 Å². The van der Waals surface area contributed by atoms with Crippen LogP contribution in [-0.2, 0) is 22.6 Å². The van der Waals surface area contributed by atoms with E-state index >= 15 is 0 Å². The molecule has 1 fully saturated rings. The van der Waals surface area contributed by atoms with Gasteiger partial charge in [0.1, 0.15) is 5.75 Å². The molecule has 0 saturated carbocycles. The maximum atomic E-state index is 13.0. The lowest BCUT2D eigenvalue weighted by Crippen LogP contribution is -2.38. The van der Waals surface area contributed by atoms with Gasteiger partial charge in [-0.25, -0.2) is 0 Å². The summed E-state index contributed by atoms with van der Waals surface area (Å²) in [6.45, 7) is 2.22. The molecule has 266 valence electrons. The highest BCUT2D eigenvalue weighted by molar-refractivity contribution is 7.99. The molecule has 6 aromatic rings. The van der Waals surface area contributed by atoms with Crippen LogP contribution >= 0.6 is 11.8 Å². The van der Waals surface area contributed by atoms with E-state index < -0.39 is 6.29 Å². The molecule has 0 bridgehead atoms. The van der Waals surface area contributed by atoms with Crippen molar-refractivity contribution in [3.63, 3.8) is 0 Å². The summed E-state index contributed by atoms with van der Waals surface area (Å²) >= 11 is 1.47. The molecule has 2 aliphatic rings. The van der Waals surface area contributed by atoms with Gasteiger partial charge in [0.2, 0.25) is 5.16 Å². The number of rotatable bonds is 10. The number of phenols is 1. The highest BCUT2D eigenvalue weighted by atomic mass is 32.2. The summed E-state index contributed by atoms with van der Waals surface area (Å²) < 4.78 is 15.1. The quantitative estimate of drug-likeness (QED) is 0.113. The van der Waals surface area contributed by atoms with E-state index in [1.165, 1.54) is 16.7 Å². The summed E-state index contributed by atoms with van der Waals surface area (Å²) in [5.41, 5.74) is 6.90. The Labute approximate surface area is 309 Å². The molecule has 11 nitrogen and oxygen atoms in total. The van der Waals surface area contributed by atoms with Gasteiger partial charge in [-0.3, -0.25) is 14.5 Å². The standard InChI is InChI=1S/C41H35N5O6S/c1-25-36(24-53-41-42-43-44-46(41)32-16-18-33(48)19-17-32)51-40(52-37(25)28-14-12-26(23-47)13-15-28)31-9-5-8-30(21-31)29-7-4-6-27(20-29)22-45-38(49)34-10-2-3-11-35(34)39(45)50/h2-21,25,36-37,40,47-48H,22-24H2,1H3/t25-,36+,37+,40+/m1/s1. The van der Waals surface area contributed by atoms with Gasteiger partial charge < -0.3 is 19.7 Å². The maximum Gasteiger partial charge on any atom is 0.261 e. The first-order valence-electron chi connectivity index (χ1n) is 17.2. The third-order valence-corrected chi connectivity index (χ3v) is 10.7. The molecule has 0 spiro atoms. The highest BCUT2D eigenvalue weighted by Crippen LogP contribution is 2.43. The fourth-order valence-electron chi connectivity index (χ4n) is 6.77. The summed E-state index contributed by atoms with van der Waals surface area (Å²) in [5.74, 6) is 0.0546. The third kappa shape index (κ3) is 6.97. The number of carbonyl (C=O) groups excluding carboxylic acids is 2. The number of aromatic nitrogens is 4. The van der Waals surface area contributed by atoms with E-state index in [2.05, 4.69) is 22.4 Å². The number of amides is 2. The minimum absolute atomic E-state index is 0.0472. The van der Waals surface area contributed by atoms with E-state index in [-0.39, 0.29) is 48.8 Å². The number of ether oxygens (including phenoxy) is 2. The topological polar surface area (TPSA) is 140 Å². The van der Waals surface area contributed by atoms with E-state index in [9.17, 15) is 19.8 Å². The molecule has 53 heavy (non-hydrogen) atoms. The molecule has 2 N–H and O–H groups in total. The Bertz CT molecular complexity index is 2240. The van der Waals surface area contributed by atoms with E-state index in [1.54, 1.807) is 53.2 Å². The number of carbonyl (C=O) groups is 2. The number of fused-ring (bicyclic) bond motifs is 1. The van der Waals surface area contributed by atoms with Gasteiger partial charge in [-0.1, -0.05) is 91.5 Å². The number of hydrogen-bond donors (Lipinski definition) is 2. The summed E-state index contributed by atoms with van der Waals surface area (Å²) in [6, 6.07) is 37.2. The molecule has 1 saturated heterocycles. The van der Waals surface area contributed by atoms with Crippen molar-refractivity contribution < 1.29 is 29.3 Å². The van der Waals surface area contributed by atoms with Crippen LogP contribution in [0.15, 0.2) is 126 Å². The van der Waals surface area contributed by atoms with Crippen LogP contribution in [0.25, 0.3) is 16.8 Å². The Kier molecular flexibility index (Phi) is 9.59. The SMILES string of the molecule is C[C@@H]1[C@H](CSc2nnnn2-c2ccc(O)cc2)O[C@H](c2cccc(-c3cccc(CN4C(=O)c5ccccc5C4=O)c3)c2)O[C@@H]1c1ccc(CO)cc1. The van der Waals surface area contributed by atoms with Crippen LogP contribution in [0.1, 0.15) is 62.3 Å². The summed E-state index contributed by atoms with van der Waals surface area (Å²) in [5, 5.41) is 32.3. The zero-order chi connectivity index (χ0) is 36.5. The first-order chi connectivity index (χ1) is 25.9. The highest BCUT2D eigenvalue weighted by Gasteiger charge is 2.39. The molecule has 0 aliphatic carbocycles. The number of thioether (sulfide) groups is 1. The van der Waals surface area contributed by atoms with Crippen LogP contribution in [0.2, 0.25) is 0 Å². The molecular formula is C41H35N5O6S. The minimum Gasteiger partial charge on any atom is -0.508 e. The lowest BCUT2D eigenvalue weighted by Gasteiger charge is -2.41. The zero-order valence-corrected chi connectivity index (χ0v) is 29.5. The van der Waals surface area contributed by atoms with Crippen molar-refractivity contribution >= 4 is 23.6 Å². The molecule has 3 heterocycles. The lowest BCUT2D eigenvalue weighted by atomic mass is 9.91. The van der Waals surface area contributed by atoms with Crippen LogP contribution in [0.5, 0.6) is 5.75 Å². The van der Waals surface area contributed by atoms with Crippen molar-refractivity contribution in [1.82, 2.24) is 25.1 Å². The number of aliphatic hydroxyl groups is 1. The number of nitrogens with zero attached hydrogens (tertiary/aromatic N) is 5. The molecule has 8 rings (SSSR count). The van der Waals surface area contributed by atoms with Crippen LogP contribution < -0.4 is 0 Å². The van der Waals surface area contributed by atoms with Gasteiger partial charge in [-0.2, -0.15) is 4.68 Å². The summed E-state index contributed by atoms with van der Waals surface area (Å²) in [7, 11) is 0. The third-order valence-electron chi connectivity index (χ3n) is 9.67. The van der Waals surface area contributed by atoms with Gasteiger partial charge in [-0.15, -0.1) is 5.10 Å². The van der Waals surface area contributed by atoms with Crippen LogP contribution in [0, 0.1) is 5.92 Å². The molecular weight excluding hydrogens is 691 g/mol. The Balaban J connectivity index is 1.05. The Morgan fingerprint density at radius 3 is 2.17 bits per heavy atom. The van der Waals surface area contributed by atoms with E-state index in [1.807, 2.05) is 72.8 Å². The fourth-order valence-corrected chi connectivity index (χ4v) is 7.82. The summed E-state index contributed by atoms with van der Waals surface area (Å²) in [6.07, 6.45) is -1.28. The number of tetrazole rings is 1. The van der Waals surface area contributed by atoms with Crippen LogP contribution in [0.4, 0.5) is 0 Å². The molecule has 2 amide bonds. The summed E-state index contributed by atoms with van der Waals surface area (Å²) in [4.78, 5) is 27.4. The number of benzene rings is 5. The smallest absolute Gasteiger partial charge is 0.261 e. The number of aliphatic hydroxyl groups excluding tert-OH is 1. The van der Waals surface area contributed by atoms with Crippen molar-refractivity contribution in [2.45, 2.75) is 43.7 Å². The second kappa shape index (κ2) is 14.8. The van der Waals surface area contributed by atoms with Crippen molar-refractivity contribution in [3.05, 3.63) is 155 Å². The second-order valence-electron chi connectivity index (χ2n) is 13.1.